The fraction of sp³-hybridized carbons (Fsp3) is 0.440. The van der Waals surface area contributed by atoms with Crippen LogP contribution in [0.2, 0.25) is 0 Å². The van der Waals surface area contributed by atoms with E-state index >= 15 is 0 Å². The Morgan fingerprint density at radius 2 is 1.84 bits per heavy atom. The molecular weight excluding hydrogens is 408 g/mol. The molecule has 1 atom stereocenters. The van der Waals surface area contributed by atoms with Crippen molar-refractivity contribution in [2.24, 2.45) is 0 Å². The first-order valence-electron chi connectivity index (χ1n) is 10.9. The number of amides is 1. The zero-order valence-corrected chi connectivity index (χ0v) is 19.5. The molecule has 0 aromatic heterocycles. The van der Waals surface area contributed by atoms with Gasteiger partial charge in [0.15, 0.2) is 11.5 Å². The van der Waals surface area contributed by atoms with Crippen LogP contribution in [0.4, 0.5) is 5.69 Å². The van der Waals surface area contributed by atoms with Crippen LogP contribution in [0.1, 0.15) is 41.6 Å². The summed E-state index contributed by atoms with van der Waals surface area (Å²) in [7, 11) is 3.19. The Morgan fingerprint density at radius 1 is 1.12 bits per heavy atom. The molecule has 1 heterocycles. The number of rotatable bonds is 8. The molecule has 0 saturated carbocycles. The van der Waals surface area contributed by atoms with E-state index in [9.17, 15) is 9.59 Å². The highest BCUT2D eigenvalue weighted by Crippen LogP contribution is 2.39. The summed E-state index contributed by atoms with van der Waals surface area (Å²) in [5, 5.41) is 3.02. The Kier molecular flexibility index (Phi) is 7.75. The van der Waals surface area contributed by atoms with Gasteiger partial charge in [0.05, 0.1) is 33.8 Å². The number of fused-ring (bicyclic) bond motifs is 1. The van der Waals surface area contributed by atoms with Crippen molar-refractivity contribution in [1.82, 2.24) is 4.90 Å². The van der Waals surface area contributed by atoms with E-state index in [0.29, 0.717) is 24.7 Å². The van der Waals surface area contributed by atoms with E-state index in [1.165, 1.54) is 0 Å². The van der Waals surface area contributed by atoms with E-state index in [1.54, 1.807) is 21.1 Å². The van der Waals surface area contributed by atoms with Crippen LogP contribution in [0.5, 0.6) is 11.5 Å². The maximum Gasteiger partial charge on any atom is 0.307 e. The summed E-state index contributed by atoms with van der Waals surface area (Å²) >= 11 is 0. The van der Waals surface area contributed by atoms with Crippen LogP contribution in [0.3, 0.4) is 0 Å². The molecule has 1 aliphatic rings. The molecule has 1 aliphatic heterocycles. The van der Waals surface area contributed by atoms with Gasteiger partial charge in [-0.1, -0.05) is 12.1 Å². The Hall–Kier alpha value is -3.06. The number of hydrogen-bond acceptors (Lipinski definition) is 6. The SMILES string of the molecule is CCOC(=O)CC1c2cc(OC)c(OC)cc2CCN1CC(=O)Nc1cccc(C)c1C. The number of hydrogen-bond donors (Lipinski definition) is 1. The van der Waals surface area contributed by atoms with Gasteiger partial charge in [-0.25, -0.2) is 0 Å². The molecule has 0 aliphatic carbocycles. The molecule has 0 radical (unpaired) electrons. The van der Waals surface area contributed by atoms with Crippen LogP contribution >= 0.6 is 0 Å². The van der Waals surface area contributed by atoms with Gasteiger partial charge in [0, 0.05) is 18.3 Å². The molecule has 32 heavy (non-hydrogen) atoms. The highest BCUT2D eigenvalue weighted by atomic mass is 16.5. The lowest BCUT2D eigenvalue weighted by Gasteiger charge is -2.37. The predicted octanol–water partition coefficient (Wildman–Crippen LogP) is 3.81. The summed E-state index contributed by atoms with van der Waals surface area (Å²) in [5.41, 5.74) is 5.02. The summed E-state index contributed by atoms with van der Waals surface area (Å²) < 4.78 is 16.1. The summed E-state index contributed by atoms with van der Waals surface area (Å²) in [6, 6.07) is 9.43. The number of benzene rings is 2. The molecule has 2 aromatic rings. The molecule has 7 heteroatoms. The van der Waals surface area contributed by atoms with Gasteiger partial charge >= 0.3 is 5.97 Å². The molecule has 0 spiro atoms. The van der Waals surface area contributed by atoms with Crippen LogP contribution in [0.15, 0.2) is 30.3 Å². The van der Waals surface area contributed by atoms with Gasteiger partial charge in [-0.05, 0) is 67.6 Å². The molecule has 2 aromatic carbocycles. The molecule has 0 saturated heterocycles. The third-order valence-electron chi connectivity index (χ3n) is 6.00. The Labute approximate surface area is 189 Å². The van der Waals surface area contributed by atoms with Crippen molar-refractivity contribution in [3.63, 3.8) is 0 Å². The van der Waals surface area contributed by atoms with Crippen molar-refractivity contribution >= 4 is 17.6 Å². The average molecular weight is 441 g/mol. The van der Waals surface area contributed by atoms with Gasteiger partial charge in [0.2, 0.25) is 5.91 Å². The van der Waals surface area contributed by atoms with E-state index in [-0.39, 0.29) is 30.9 Å². The minimum Gasteiger partial charge on any atom is -0.493 e. The summed E-state index contributed by atoms with van der Waals surface area (Å²) in [5.74, 6) is 0.848. The average Bonchev–Trinajstić information content (AvgIpc) is 2.77. The lowest BCUT2D eigenvalue weighted by atomic mass is 9.90. The number of nitrogens with one attached hydrogen (secondary N) is 1. The van der Waals surface area contributed by atoms with E-state index in [1.807, 2.05) is 49.1 Å². The number of carbonyl (C=O) groups is 2. The van der Waals surface area contributed by atoms with E-state index in [0.717, 1.165) is 34.4 Å². The predicted molar refractivity (Wildman–Crippen MR) is 123 cm³/mol. The fourth-order valence-corrected chi connectivity index (χ4v) is 4.15. The number of methoxy groups -OCH3 is 2. The first-order chi connectivity index (χ1) is 15.4. The van der Waals surface area contributed by atoms with Gasteiger partial charge in [-0.3, -0.25) is 14.5 Å². The maximum absolute atomic E-state index is 12.9. The number of esters is 1. The molecule has 1 amide bonds. The smallest absolute Gasteiger partial charge is 0.307 e. The molecule has 1 unspecified atom stereocenters. The minimum absolute atomic E-state index is 0.114. The monoisotopic (exact) mass is 440 g/mol. The zero-order chi connectivity index (χ0) is 23.3. The summed E-state index contributed by atoms with van der Waals surface area (Å²) in [4.78, 5) is 27.4. The molecule has 0 fully saturated rings. The highest BCUT2D eigenvalue weighted by molar-refractivity contribution is 5.93. The third-order valence-corrected chi connectivity index (χ3v) is 6.00. The van der Waals surface area contributed by atoms with Crippen LogP contribution in [-0.2, 0) is 20.7 Å². The number of carbonyl (C=O) groups excluding carboxylic acids is 2. The van der Waals surface area contributed by atoms with Crippen molar-refractivity contribution in [2.45, 2.75) is 39.7 Å². The van der Waals surface area contributed by atoms with Gasteiger partial charge < -0.3 is 19.5 Å². The van der Waals surface area contributed by atoms with Crippen LogP contribution in [0.25, 0.3) is 0 Å². The lowest BCUT2D eigenvalue weighted by molar-refractivity contribution is -0.145. The summed E-state index contributed by atoms with van der Waals surface area (Å²) in [6.45, 7) is 6.93. The maximum atomic E-state index is 12.9. The molecule has 1 N–H and O–H groups in total. The first kappa shape index (κ1) is 23.6. The normalized spacial score (nSPS) is 15.6. The molecule has 7 nitrogen and oxygen atoms in total. The van der Waals surface area contributed by atoms with Crippen molar-refractivity contribution in [3.8, 4) is 11.5 Å². The fourth-order valence-electron chi connectivity index (χ4n) is 4.15. The van der Waals surface area contributed by atoms with Crippen molar-refractivity contribution in [3.05, 3.63) is 52.6 Å². The van der Waals surface area contributed by atoms with E-state index < -0.39 is 0 Å². The van der Waals surface area contributed by atoms with Gasteiger partial charge in [-0.15, -0.1) is 0 Å². The van der Waals surface area contributed by atoms with Crippen LogP contribution < -0.4 is 14.8 Å². The minimum atomic E-state index is -0.292. The number of nitrogens with zero attached hydrogens (tertiary/aromatic N) is 1. The Balaban J connectivity index is 1.86. The lowest BCUT2D eigenvalue weighted by Crippen LogP contribution is -2.41. The van der Waals surface area contributed by atoms with Gasteiger partial charge in [-0.2, -0.15) is 0 Å². The zero-order valence-electron chi connectivity index (χ0n) is 19.5. The Morgan fingerprint density at radius 3 is 2.53 bits per heavy atom. The Bertz CT molecular complexity index is 989. The van der Waals surface area contributed by atoms with Crippen molar-refractivity contribution in [1.29, 1.82) is 0 Å². The topological polar surface area (TPSA) is 77.1 Å². The molecule has 3 rings (SSSR count). The second kappa shape index (κ2) is 10.5. The van der Waals surface area contributed by atoms with Gasteiger partial charge in [0.1, 0.15) is 0 Å². The second-order valence-electron chi connectivity index (χ2n) is 7.95. The number of aryl methyl sites for hydroxylation is 1. The van der Waals surface area contributed by atoms with Crippen molar-refractivity contribution in [2.75, 3.05) is 39.2 Å². The standard InChI is InChI=1S/C25H32N2O5/c1-6-32-25(29)14-21-19-13-23(31-5)22(30-4)12-18(19)10-11-27(21)15-24(28)26-20-9-7-8-16(2)17(20)3/h7-9,12-13,21H,6,10-11,14-15H2,1-5H3,(H,26,28). The highest BCUT2D eigenvalue weighted by Gasteiger charge is 2.32. The van der Waals surface area contributed by atoms with Crippen LogP contribution in [0, 0.1) is 13.8 Å². The molecule has 0 bridgehead atoms. The van der Waals surface area contributed by atoms with Gasteiger partial charge in [0.25, 0.3) is 0 Å². The molecular formula is C25H32N2O5. The number of ether oxygens (including phenoxy) is 3. The largest absolute Gasteiger partial charge is 0.493 e. The molecule has 172 valence electrons. The quantitative estimate of drug-likeness (QED) is 0.629. The first-order valence-corrected chi connectivity index (χ1v) is 10.9. The number of anilines is 1. The third kappa shape index (κ3) is 5.22. The van der Waals surface area contributed by atoms with E-state index in [4.69, 9.17) is 14.2 Å². The van der Waals surface area contributed by atoms with Crippen molar-refractivity contribution < 1.29 is 23.8 Å². The summed E-state index contributed by atoms with van der Waals surface area (Å²) in [6.07, 6.45) is 0.902. The van der Waals surface area contributed by atoms with E-state index in [2.05, 4.69) is 5.32 Å². The van der Waals surface area contributed by atoms with Crippen LogP contribution in [-0.4, -0.2) is 50.7 Å². The second-order valence-corrected chi connectivity index (χ2v) is 7.95.